The van der Waals surface area contributed by atoms with Crippen molar-refractivity contribution in [2.45, 2.75) is 269 Å². The Kier molecular flexibility index (Phi) is 48.0. The van der Waals surface area contributed by atoms with Crippen LogP contribution in [0.15, 0.2) is 53.9 Å². The highest BCUT2D eigenvalue weighted by molar-refractivity contribution is 6.12. The van der Waals surface area contributed by atoms with Crippen LogP contribution in [-0.4, -0.2) is 334 Å². The van der Waals surface area contributed by atoms with Gasteiger partial charge in [-0.3, -0.25) is 57.6 Å². The van der Waals surface area contributed by atoms with Crippen molar-refractivity contribution in [1.29, 1.82) is 0 Å². The van der Waals surface area contributed by atoms with E-state index in [0.29, 0.717) is 62.8 Å². The number of aliphatic hydroxyl groups is 5. The van der Waals surface area contributed by atoms with Gasteiger partial charge in [-0.2, -0.15) is 0 Å². The number of unbranched alkanes of at least 4 members (excludes halogenated alkanes) is 1. The second-order valence-corrected chi connectivity index (χ2v) is 33.9. The summed E-state index contributed by atoms with van der Waals surface area (Å²) in [6.07, 6.45) is -3.14. The fraction of sp³-hybridized carbons (Fsp3) is 0.747. The molecule has 39 nitrogen and oxygen atoms in total. The van der Waals surface area contributed by atoms with E-state index >= 15 is 14.4 Å². The molecule has 4 aliphatic rings. The predicted molar refractivity (Wildman–Crippen MR) is 462 cm³/mol. The molecule has 1 aromatic carbocycles. The van der Waals surface area contributed by atoms with Gasteiger partial charge in [-0.15, -0.1) is 0 Å². The second-order valence-electron chi connectivity index (χ2n) is 33.9. The Hall–Kier alpha value is -8.58. The molecule has 3 heterocycles. The van der Waals surface area contributed by atoms with E-state index in [1.54, 1.807) is 91.6 Å². The molecule has 0 spiro atoms. The van der Waals surface area contributed by atoms with E-state index in [0.717, 1.165) is 11.3 Å². The molecule has 1 aliphatic carbocycles. The van der Waals surface area contributed by atoms with Crippen molar-refractivity contribution < 1.29 is 121 Å². The number of carbonyl (C=O) groups is 12. The van der Waals surface area contributed by atoms with E-state index in [-0.39, 0.29) is 141 Å². The van der Waals surface area contributed by atoms with E-state index in [1.165, 1.54) is 43.2 Å². The molecule has 2 fully saturated rings. The number of likely N-dealkylation sites (tertiary alicyclic amines) is 1. The summed E-state index contributed by atoms with van der Waals surface area (Å²) in [5.41, 5.74) is 13.4. The minimum absolute atomic E-state index is 0.000378. The van der Waals surface area contributed by atoms with E-state index in [1.807, 2.05) is 19.9 Å². The number of ether oxygens (including phenoxy) is 8. The van der Waals surface area contributed by atoms with Crippen LogP contribution in [-0.2, 0) is 90.6 Å². The Bertz CT molecular complexity index is 3640. The number of hydrogen-bond acceptors (Lipinski definition) is 27. The number of primary amides is 1. The van der Waals surface area contributed by atoms with Crippen LogP contribution >= 0.6 is 0 Å². The maximum atomic E-state index is 15.2. The Morgan fingerprint density at radius 1 is 0.627 bits per heavy atom. The molecule has 126 heavy (non-hydrogen) atoms. The van der Waals surface area contributed by atoms with Crippen molar-refractivity contribution in [2.75, 3.05) is 121 Å². The maximum Gasteiger partial charge on any atom is 0.312 e. The van der Waals surface area contributed by atoms with E-state index in [4.69, 9.17) is 49.4 Å². The van der Waals surface area contributed by atoms with Crippen molar-refractivity contribution in [2.24, 2.45) is 41.1 Å². The number of allylic oxidation sites excluding steroid dienone is 1. The quantitative estimate of drug-likeness (QED) is 0.0299. The van der Waals surface area contributed by atoms with Crippen molar-refractivity contribution in [1.82, 2.24) is 62.1 Å². The first-order chi connectivity index (χ1) is 59.9. The molecule has 0 radical (unpaired) electrons. The highest BCUT2D eigenvalue weighted by Crippen LogP contribution is 2.32. The molecule has 0 aromatic heterocycles. The summed E-state index contributed by atoms with van der Waals surface area (Å²) in [6, 6.07) is -0.203. The number of carbonyl (C=O) groups excluding carboxylic acids is 12. The molecule has 2 saturated heterocycles. The smallest absolute Gasteiger partial charge is 0.312 e. The van der Waals surface area contributed by atoms with Crippen LogP contribution in [0.4, 0.5) is 4.79 Å². The number of likely N-dealkylation sites (N-methyl/N-ethyl adjacent to an activating group) is 2. The first kappa shape index (κ1) is 108. The van der Waals surface area contributed by atoms with Crippen LogP contribution < -0.4 is 54.0 Å². The van der Waals surface area contributed by atoms with Gasteiger partial charge < -0.3 is 132 Å². The Balaban J connectivity index is 1.27. The minimum atomic E-state index is -1.63. The van der Waals surface area contributed by atoms with Crippen LogP contribution in [0.25, 0.3) is 0 Å². The molecule has 1 unspecified atom stereocenters. The molecule has 1 aromatic rings. The first-order valence-electron chi connectivity index (χ1n) is 44.4. The van der Waals surface area contributed by atoms with E-state index in [9.17, 15) is 68.7 Å². The lowest BCUT2D eigenvalue weighted by atomic mass is 9.89. The van der Waals surface area contributed by atoms with Gasteiger partial charge in [-0.1, -0.05) is 112 Å². The third-order valence-corrected chi connectivity index (χ3v) is 23.5. The number of urea groups is 1. The summed E-state index contributed by atoms with van der Waals surface area (Å²) in [7, 11) is 5.95. The molecule has 0 saturated carbocycles. The third kappa shape index (κ3) is 33.8. The van der Waals surface area contributed by atoms with Crippen molar-refractivity contribution in [3.05, 3.63) is 59.4 Å². The molecular weight excluding hydrogens is 1640 g/mol. The van der Waals surface area contributed by atoms with Crippen LogP contribution in [0.1, 0.15) is 177 Å². The molecule has 5 rings (SSSR count). The SMILES string of the molecule is CC[C@H](C)[C@@H]([C@@H](CC(=O)N1CCC[C@H]1[C@H](OC)[C@@H](C)C(=O)N[C@H](C)[C@@H](O)c1ccccc1)OC)N(C)C(=O)[C@@H](NC(=O)[C@H](C(C)C)N(C)C(=O)[C@H](CCCNC(N)=O)NC(=O)[C@@H](NC(=O)[C@@H](CCCCNC(=O)COC1CCCCCC(N[C@@H]2O[C@H](CO)[C@H](O)[C@H](O)[C@H]2O)=C1N)NC(=O)CCOCCOCCOCCOCCN1C(=O)C=CC1=O)C(C)C)C(C)C. The Morgan fingerprint density at radius 3 is 1.83 bits per heavy atom. The van der Waals surface area contributed by atoms with Crippen LogP contribution in [0.5, 0.6) is 0 Å². The molecule has 0 bridgehead atoms. The fourth-order valence-corrected chi connectivity index (χ4v) is 16.0. The Morgan fingerprint density at radius 2 is 1.24 bits per heavy atom. The molecule has 17 N–H and O–H groups in total. The van der Waals surface area contributed by atoms with Gasteiger partial charge in [0.2, 0.25) is 53.2 Å². The summed E-state index contributed by atoms with van der Waals surface area (Å²) in [6.45, 7) is 18.3. The Labute approximate surface area is 741 Å². The largest absolute Gasteiger partial charge is 0.399 e. The monoisotopic (exact) mass is 1790 g/mol. The number of imide groups is 1. The van der Waals surface area contributed by atoms with Gasteiger partial charge in [0.25, 0.3) is 11.8 Å². The highest BCUT2D eigenvalue weighted by Gasteiger charge is 2.47. The normalized spacial score (nSPS) is 21.5. The van der Waals surface area contributed by atoms with Gasteiger partial charge in [-0.05, 0) is 100 Å². The van der Waals surface area contributed by atoms with Gasteiger partial charge in [0.05, 0.1) is 127 Å². The summed E-state index contributed by atoms with van der Waals surface area (Å²) in [5.74, 6) is -8.85. The van der Waals surface area contributed by atoms with Gasteiger partial charge in [-0.25, -0.2) is 4.79 Å². The van der Waals surface area contributed by atoms with Crippen molar-refractivity contribution in [3.63, 3.8) is 0 Å². The number of benzene rings is 1. The number of hydrogen-bond donors (Lipinski definition) is 15. The first-order valence-corrected chi connectivity index (χ1v) is 44.4. The maximum absolute atomic E-state index is 15.2. The average molecular weight is 1790 g/mol. The van der Waals surface area contributed by atoms with Gasteiger partial charge in [0.1, 0.15) is 61.2 Å². The zero-order valence-electron chi connectivity index (χ0n) is 76.1. The molecule has 3 aliphatic heterocycles. The lowest BCUT2D eigenvalue weighted by Gasteiger charge is -2.41. The molecular formula is C87H146N14O25. The summed E-state index contributed by atoms with van der Waals surface area (Å²) in [4.78, 5) is 171. The van der Waals surface area contributed by atoms with Gasteiger partial charge >= 0.3 is 6.03 Å². The summed E-state index contributed by atoms with van der Waals surface area (Å²) < 4.78 is 46.1. The minimum Gasteiger partial charge on any atom is -0.399 e. The zero-order chi connectivity index (χ0) is 93.4. The number of rotatable bonds is 57. The number of nitrogens with two attached hydrogens (primary N) is 2. The standard InChI is InChI=1S/C87H146N14O25/c1-15-54(8)74(63(119-13)48-69(107)100-38-25-31-61(100)79(120-14)55(9)80(112)92-56(10)75(108)57-26-18-16-19-27-57)99(12)86(117)72(52(4)5)97-83(115)73(53(6)7)98(11)85(116)60(30-24-37-91-87(89)118)94-82(114)71(51(2)3)96-81(113)59(93-65(103)35-40-121-42-44-123-46-47-124-45-43-122-41-39-101-67(105)33-34-68(101)106)29-22-23-36-90-66(104)50-125-62-32-21-17-20-28-58(70(62)88)95-84-78(111)77(110)76(109)64(49-102)126-84/h16,18-19,26-27,33-34,51-56,59-64,71-79,84,95,102,108-111H,15,17,20-25,28-32,35-50,88H2,1-14H3,(H,90,104)(H,92,112)(H,93,103)(H,94,114)(H,96,113)(H,97,115)(H3,89,91,118)/t54-,55+,56+,59+,60-,61-,62?,63+,64+,71-,72-,73-,74-,75+,76-,77-,78+,79+,84+/m0/s1. The lowest BCUT2D eigenvalue weighted by molar-refractivity contribution is -0.234. The third-order valence-electron chi connectivity index (χ3n) is 23.5. The van der Waals surface area contributed by atoms with Gasteiger partial charge in [0, 0.05) is 72.2 Å². The van der Waals surface area contributed by atoms with Crippen molar-refractivity contribution >= 4 is 71.0 Å². The van der Waals surface area contributed by atoms with E-state index in [2.05, 4.69) is 42.5 Å². The number of nitrogens with one attached hydrogen (secondary N) is 8. The zero-order valence-corrected chi connectivity index (χ0v) is 76.1. The van der Waals surface area contributed by atoms with Gasteiger partial charge in [0.15, 0.2) is 6.23 Å². The number of nitrogens with zero attached hydrogens (tertiary/aromatic N) is 4. The second kappa shape index (κ2) is 56.0. The average Bonchev–Trinajstić information content (AvgIpc) is 1.22. The number of amides is 13. The molecule has 19 atom stereocenters. The fourth-order valence-electron chi connectivity index (χ4n) is 16.0. The number of methoxy groups -OCH3 is 2. The van der Waals surface area contributed by atoms with Crippen LogP contribution in [0.3, 0.4) is 0 Å². The highest BCUT2D eigenvalue weighted by atomic mass is 16.6. The van der Waals surface area contributed by atoms with Crippen LogP contribution in [0, 0.1) is 29.6 Å². The van der Waals surface area contributed by atoms with Crippen LogP contribution in [0.2, 0.25) is 0 Å². The van der Waals surface area contributed by atoms with E-state index < -0.39 is 199 Å². The molecule has 39 heteroatoms. The molecule has 13 amide bonds. The topological polar surface area (TPSA) is 541 Å². The van der Waals surface area contributed by atoms with Crippen molar-refractivity contribution in [3.8, 4) is 0 Å². The molecule has 714 valence electrons. The predicted octanol–water partition coefficient (Wildman–Crippen LogP) is -0.0952. The number of aliphatic hydroxyl groups excluding tert-OH is 5. The summed E-state index contributed by atoms with van der Waals surface area (Å²) in [5, 5.41) is 74.9. The lowest BCUT2D eigenvalue weighted by Crippen LogP contribution is -2.62. The summed E-state index contributed by atoms with van der Waals surface area (Å²) >= 11 is 0.